The zero-order valence-electron chi connectivity index (χ0n) is 12.8. The Kier molecular flexibility index (Phi) is 4.50. The Hall–Kier alpha value is -1.47. The van der Waals surface area contributed by atoms with Crippen molar-refractivity contribution in [2.45, 2.75) is 31.6 Å². The minimum atomic E-state index is 0.676. The van der Waals surface area contributed by atoms with Crippen LogP contribution in [0.4, 0.5) is 0 Å². The van der Waals surface area contributed by atoms with Gasteiger partial charge in [0.2, 0.25) is 0 Å². The third-order valence-electron chi connectivity index (χ3n) is 4.21. The van der Waals surface area contributed by atoms with Gasteiger partial charge in [0.25, 0.3) is 0 Å². The van der Waals surface area contributed by atoms with Gasteiger partial charge >= 0.3 is 0 Å². The molecule has 108 valence electrons. The Morgan fingerprint density at radius 1 is 1.00 bits per heavy atom. The zero-order valence-corrected chi connectivity index (χ0v) is 13.6. The molecule has 0 spiro atoms. The van der Waals surface area contributed by atoms with Gasteiger partial charge < -0.3 is 0 Å². The Balaban J connectivity index is 1.82. The number of benzene rings is 2. The van der Waals surface area contributed by atoms with Crippen molar-refractivity contribution in [1.29, 1.82) is 0 Å². The van der Waals surface area contributed by atoms with Crippen LogP contribution in [0.25, 0.3) is 5.57 Å². The molecule has 1 aliphatic carbocycles. The van der Waals surface area contributed by atoms with Crippen molar-refractivity contribution in [2.24, 2.45) is 5.92 Å². The largest absolute Gasteiger partial charge is 0.126 e. The zero-order chi connectivity index (χ0) is 14.7. The molecule has 0 bridgehead atoms. The van der Waals surface area contributed by atoms with Crippen molar-refractivity contribution in [3.05, 3.63) is 71.3 Å². The van der Waals surface area contributed by atoms with Crippen LogP contribution in [0.15, 0.2) is 65.1 Å². The van der Waals surface area contributed by atoms with Crippen molar-refractivity contribution in [3.8, 4) is 0 Å². The van der Waals surface area contributed by atoms with E-state index >= 15 is 0 Å². The summed E-state index contributed by atoms with van der Waals surface area (Å²) in [6.45, 7) is 4.52. The monoisotopic (exact) mass is 294 g/mol. The Bertz CT molecular complexity index is 636. The van der Waals surface area contributed by atoms with E-state index in [1.807, 2.05) is 11.8 Å². The molecule has 0 radical (unpaired) electrons. The highest BCUT2D eigenvalue weighted by Gasteiger charge is 2.24. The minimum Gasteiger partial charge on any atom is -0.126 e. The lowest BCUT2D eigenvalue weighted by Crippen LogP contribution is -2.16. The summed E-state index contributed by atoms with van der Waals surface area (Å²) < 4.78 is 0. The van der Waals surface area contributed by atoms with Crippen molar-refractivity contribution in [1.82, 2.24) is 0 Å². The van der Waals surface area contributed by atoms with Gasteiger partial charge in [0.15, 0.2) is 0 Å². The summed E-state index contributed by atoms with van der Waals surface area (Å²) in [5.74, 6) is 1.86. The number of hydrogen-bond donors (Lipinski definition) is 0. The second-order valence-corrected chi connectivity index (χ2v) is 7.02. The van der Waals surface area contributed by atoms with E-state index < -0.39 is 0 Å². The molecule has 0 aliphatic heterocycles. The maximum atomic E-state index is 2.30. The van der Waals surface area contributed by atoms with Crippen LogP contribution in [0.1, 0.15) is 31.4 Å². The van der Waals surface area contributed by atoms with Crippen molar-refractivity contribution >= 4 is 17.3 Å². The molecular weight excluding hydrogens is 272 g/mol. The van der Waals surface area contributed by atoms with Gasteiger partial charge in [-0.2, -0.15) is 0 Å². The average molecular weight is 294 g/mol. The highest BCUT2D eigenvalue weighted by Crippen LogP contribution is 2.40. The van der Waals surface area contributed by atoms with Crippen molar-refractivity contribution < 1.29 is 0 Å². The Morgan fingerprint density at radius 2 is 1.71 bits per heavy atom. The highest BCUT2D eigenvalue weighted by atomic mass is 32.2. The third-order valence-corrected chi connectivity index (χ3v) is 5.39. The summed E-state index contributed by atoms with van der Waals surface area (Å²) in [6, 6.07) is 19.7. The first-order chi connectivity index (χ1) is 10.3. The smallest absolute Gasteiger partial charge is 0.00721 e. The standard InChI is InChI=1S/C20H22S/c1-15(2)20-17(14-21-18-9-4-3-5-10-18)13-12-16-8-6-7-11-19(16)20/h3-11,17H,12-14H2,1-2H3. The molecule has 1 aliphatic rings. The topological polar surface area (TPSA) is 0 Å². The van der Waals surface area contributed by atoms with E-state index in [-0.39, 0.29) is 0 Å². The number of hydrogen-bond acceptors (Lipinski definition) is 1. The van der Waals surface area contributed by atoms with Gasteiger partial charge in [-0.1, -0.05) is 48.0 Å². The quantitative estimate of drug-likeness (QED) is 0.641. The average Bonchev–Trinajstić information content (AvgIpc) is 2.53. The predicted molar refractivity (Wildman–Crippen MR) is 93.7 cm³/mol. The SMILES string of the molecule is CC(C)=C1c2ccccc2CCC1CSc1ccccc1. The van der Waals surface area contributed by atoms with E-state index in [1.54, 1.807) is 5.57 Å². The summed E-state index contributed by atoms with van der Waals surface area (Å²) in [5, 5.41) is 0. The molecule has 2 aromatic carbocycles. The summed E-state index contributed by atoms with van der Waals surface area (Å²) in [5.41, 5.74) is 6.07. The minimum absolute atomic E-state index is 0.676. The fourth-order valence-electron chi connectivity index (χ4n) is 3.25. The molecule has 0 heterocycles. The van der Waals surface area contributed by atoms with Crippen LogP contribution < -0.4 is 0 Å². The fourth-order valence-corrected chi connectivity index (χ4v) is 4.33. The van der Waals surface area contributed by atoms with Gasteiger partial charge in [0.1, 0.15) is 0 Å². The first kappa shape index (κ1) is 14.5. The van der Waals surface area contributed by atoms with E-state index in [2.05, 4.69) is 68.4 Å². The molecule has 0 N–H and O–H groups in total. The summed E-state index contributed by atoms with van der Waals surface area (Å²) in [7, 11) is 0. The summed E-state index contributed by atoms with van der Waals surface area (Å²) in [6.07, 6.45) is 2.49. The van der Waals surface area contributed by atoms with Gasteiger partial charge in [-0.25, -0.2) is 0 Å². The lowest BCUT2D eigenvalue weighted by atomic mass is 9.78. The molecule has 0 fully saturated rings. The van der Waals surface area contributed by atoms with Crippen LogP contribution >= 0.6 is 11.8 Å². The van der Waals surface area contributed by atoms with Crippen LogP contribution in [0, 0.1) is 5.92 Å². The van der Waals surface area contributed by atoms with Crippen LogP contribution in [0.2, 0.25) is 0 Å². The molecule has 0 saturated carbocycles. The highest BCUT2D eigenvalue weighted by molar-refractivity contribution is 7.99. The molecule has 0 amide bonds. The third kappa shape index (κ3) is 3.24. The van der Waals surface area contributed by atoms with Gasteiger partial charge in [-0.15, -0.1) is 11.8 Å². The van der Waals surface area contributed by atoms with Crippen LogP contribution in [0.5, 0.6) is 0 Å². The normalized spacial score (nSPS) is 17.4. The van der Waals surface area contributed by atoms with E-state index in [1.165, 1.54) is 40.2 Å². The second kappa shape index (κ2) is 6.53. The summed E-state index contributed by atoms with van der Waals surface area (Å²) >= 11 is 1.99. The number of rotatable bonds is 3. The first-order valence-electron chi connectivity index (χ1n) is 7.69. The van der Waals surface area contributed by atoms with E-state index in [0.29, 0.717) is 5.92 Å². The maximum absolute atomic E-state index is 2.30. The van der Waals surface area contributed by atoms with Crippen LogP contribution in [-0.4, -0.2) is 5.75 Å². The number of thioether (sulfide) groups is 1. The second-order valence-electron chi connectivity index (χ2n) is 5.93. The lowest BCUT2D eigenvalue weighted by molar-refractivity contribution is 0.647. The molecular formula is C20H22S. The fraction of sp³-hybridized carbons (Fsp3) is 0.300. The molecule has 1 heteroatoms. The van der Waals surface area contributed by atoms with Crippen molar-refractivity contribution in [2.75, 3.05) is 5.75 Å². The Morgan fingerprint density at radius 3 is 2.48 bits per heavy atom. The van der Waals surface area contributed by atoms with Gasteiger partial charge in [-0.3, -0.25) is 0 Å². The van der Waals surface area contributed by atoms with Gasteiger partial charge in [0, 0.05) is 10.6 Å². The molecule has 2 aromatic rings. The molecule has 0 saturated heterocycles. The molecule has 21 heavy (non-hydrogen) atoms. The molecule has 0 aromatic heterocycles. The predicted octanol–water partition coefficient (Wildman–Crippen LogP) is 5.83. The van der Waals surface area contributed by atoms with Crippen LogP contribution in [0.3, 0.4) is 0 Å². The van der Waals surface area contributed by atoms with Gasteiger partial charge in [0.05, 0.1) is 0 Å². The number of allylic oxidation sites excluding steroid dienone is 2. The maximum Gasteiger partial charge on any atom is 0.00721 e. The molecule has 0 nitrogen and oxygen atoms in total. The molecule has 1 atom stereocenters. The Labute approximate surface area is 132 Å². The van der Waals surface area contributed by atoms with Gasteiger partial charge in [-0.05, 0) is 61.4 Å². The lowest BCUT2D eigenvalue weighted by Gasteiger charge is -2.29. The van der Waals surface area contributed by atoms with E-state index in [4.69, 9.17) is 0 Å². The van der Waals surface area contributed by atoms with E-state index in [0.717, 1.165) is 0 Å². The van der Waals surface area contributed by atoms with E-state index in [9.17, 15) is 0 Å². The first-order valence-corrected chi connectivity index (χ1v) is 8.68. The summed E-state index contributed by atoms with van der Waals surface area (Å²) in [4.78, 5) is 1.38. The molecule has 3 rings (SSSR count). The molecule has 1 unspecified atom stereocenters. The number of fused-ring (bicyclic) bond motifs is 1. The van der Waals surface area contributed by atoms with Crippen LogP contribution in [-0.2, 0) is 6.42 Å². The number of aryl methyl sites for hydroxylation is 1. The van der Waals surface area contributed by atoms with Crippen molar-refractivity contribution in [3.63, 3.8) is 0 Å².